The van der Waals surface area contributed by atoms with Gasteiger partial charge in [-0.2, -0.15) is 0 Å². The molecule has 36 heavy (non-hydrogen) atoms. The molecule has 2 heterocycles. The molecular weight excluding hydrogens is 458 g/mol. The number of aromatic nitrogens is 2. The van der Waals surface area contributed by atoms with Gasteiger partial charge in [-0.25, -0.2) is 9.78 Å². The molecule has 0 saturated heterocycles. The van der Waals surface area contributed by atoms with Crippen LogP contribution in [0, 0.1) is 23.7 Å². The highest BCUT2D eigenvalue weighted by Crippen LogP contribution is 2.30. The van der Waals surface area contributed by atoms with E-state index in [2.05, 4.69) is 25.9 Å². The molecule has 1 aliphatic rings. The smallest absolute Gasteiger partial charge is 0.319 e. The first-order valence-corrected chi connectivity index (χ1v) is 11.8. The minimum absolute atomic E-state index is 0.0507. The van der Waals surface area contributed by atoms with Crippen LogP contribution in [0.5, 0.6) is 0 Å². The summed E-state index contributed by atoms with van der Waals surface area (Å²) in [5.74, 6) is 0.412. The van der Waals surface area contributed by atoms with Gasteiger partial charge in [-0.3, -0.25) is 9.78 Å². The van der Waals surface area contributed by atoms with Crippen molar-refractivity contribution in [1.82, 2.24) is 15.3 Å². The van der Waals surface area contributed by atoms with E-state index in [4.69, 9.17) is 15.6 Å². The highest BCUT2D eigenvalue weighted by molar-refractivity contribution is 6.20. The molecule has 0 atom stereocenters. The summed E-state index contributed by atoms with van der Waals surface area (Å²) in [5, 5.41) is 24.8. The monoisotopic (exact) mass is 491 g/mol. The van der Waals surface area contributed by atoms with Gasteiger partial charge in [0.25, 0.3) is 0 Å². The van der Waals surface area contributed by atoms with Crippen molar-refractivity contribution in [1.29, 1.82) is 10.8 Å². The highest BCUT2D eigenvalue weighted by atomic mass is 16.5. The van der Waals surface area contributed by atoms with Gasteiger partial charge in [-0.15, -0.1) is 0 Å². The fourth-order valence-corrected chi connectivity index (χ4v) is 3.32. The van der Waals surface area contributed by atoms with Crippen LogP contribution in [0.2, 0.25) is 0 Å². The maximum Gasteiger partial charge on any atom is 0.319 e. The van der Waals surface area contributed by atoms with E-state index in [1.54, 1.807) is 44.5 Å². The molecule has 0 aliphatic heterocycles. The molecule has 0 bridgehead atoms. The minimum atomic E-state index is -0.377. The summed E-state index contributed by atoms with van der Waals surface area (Å²) in [7, 11) is 1.63. The molecule has 5 N–H and O–H groups in total. The predicted molar refractivity (Wildman–Crippen MR) is 141 cm³/mol. The third kappa shape index (κ3) is 7.54. The SMILES string of the molecule is COC(C)(C)CCNC(=O)Nc1cnc(C)c(C(=N)/C=C(\C=N)c2ccnc(NC(=O)C3CC3)c2)c1. The van der Waals surface area contributed by atoms with Crippen LogP contribution in [-0.4, -0.2) is 53.1 Å². The molecule has 0 spiro atoms. The molecule has 1 fully saturated rings. The molecule has 10 nitrogen and oxygen atoms in total. The summed E-state index contributed by atoms with van der Waals surface area (Å²) in [6.45, 7) is 6.11. The average Bonchev–Trinajstić information content (AvgIpc) is 3.69. The lowest BCUT2D eigenvalue weighted by Crippen LogP contribution is -2.34. The molecule has 190 valence electrons. The Morgan fingerprint density at radius 2 is 1.97 bits per heavy atom. The summed E-state index contributed by atoms with van der Waals surface area (Å²) in [6, 6.07) is 4.70. The summed E-state index contributed by atoms with van der Waals surface area (Å²) in [6.07, 6.45) is 8.22. The maximum atomic E-state index is 12.3. The molecule has 3 amide bonds. The lowest BCUT2D eigenvalue weighted by atomic mass is 10.0. The van der Waals surface area contributed by atoms with Crippen LogP contribution in [0.25, 0.3) is 5.57 Å². The number of pyridine rings is 2. The van der Waals surface area contributed by atoms with Crippen molar-refractivity contribution in [3.05, 3.63) is 53.5 Å². The Labute approximate surface area is 211 Å². The summed E-state index contributed by atoms with van der Waals surface area (Å²) in [5.41, 5.74) is 2.49. The number of ether oxygens (including phenoxy) is 1. The Morgan fingerprint density at radius 3 is 2.64 bits per heavy atom. The number of methoxy groups -OCH3 is 1. The lowest BCUT2D eigenvalue weighted by Gasteiger charge is -2.22. The van der Waals surface area contributed by atoms with E-state index in [0.717, 1.165) is 19.1 Å². The third-order valence-corrected chi connectivity index (χ3v) is 5.95. The number of carbonyl (C=O) groups excluding carboxylic acids is 2. The number of aryl methyl sites for hydroxylation is 1. The number of hydrogen-bond acceptors (Lipinski definition) is 7. The van der Waals surface area contributed by atoms with Crippen LogP contribution in [0.15, 0.2) is 36.7 Å². The number of anilines is 2. The average molecular weight is 492 g/mol. The molecule has 0 unspecified atom stereocenters. The van der Waals surface area contributed by atoms with Crippen LogP contribution < -0.4 is 16.0 Å². The van der Waals surface area contributed by atoms with Crippen molar-refractivity contribution in [2.45, 2.75) is 45.6 Å². The second kappa shape index (κ2) is 11.7. The zero-order valence-corrected chi connectivity index (χ0v) is 21.1. The number of hydrogen-bond donors (Lipinski definition) is 5. The van der Waals surface area contributed by atoms with Gasteiger partial charge >= 0.3 is 6.03 Å². The van der Waals surface area contributed by atoms with E-state index >= 15 is 0 Å². The Balaban J connectivity index is 1.71. The van der Waals surface area contributed by atoms with Gasteiger partial charge in [0.1, 0.15) is 5.82 Å². The second-order valence-corrected chi connectivity index (χ2v) is 9.30. The standard InChI is InChI=1S/C26H33N7O3/c1-16-21(13-20(15-31-16)32-25(35)30-10-8-26(2,3)36-4)22(28)11-19(14-27)18-7-9-29-23(12-18)33-24(34)17-5-6-17/h7,9,11-15,17,27-28H,5-6,8,10H2,1-4H3,(H,29,33,34)(H2,30,32,35)/b19-11+,27-14?,28-22?. The van der Waals surface area contributed by atoms with Crippen LogP contribution in [-0.2, 0) is 9.53 Å². The molecule has 0 radical (unpaired) electrons. The van der Waals surface area contributed by atoms with Gasteiger partial charge in [-0.1, -0.05) is 0 Å². The van der Waals surface area contributed by atoms with Crippen LogP contribution in [0.4, 0.5) is 16.3 Å². The fourth-order valence-electron chi connectivity index (χ4n) is 3.32. The first kappa shape index (κ1) is 26.7. The Hall–Kier alpha value is -3.92. The first-order chi connectivity index (χ1) is 17.1. The largest absolute Gasteiger partial charge is 0.379 e. The third-order valence-electron chi connectivity index (χ3n) is 5.95. The van der Waals surface area contributed by atoms with Crippen molar-refractivity contribution < 1.29 is 14.3 Å². The van der Waals surface area contributed by atoms with Crippen LogP contribution in [0.3, 0.4) is 0 Å². The number of urea groups is 1. The van der Waals surface area contributed by atoms with Crippen molar-refractivity contribution >= 4 is 40.9 Å². The van der Waals surface area contributed by atoms with Gasteiger partial charge in [0.15, 0.2) is 0 Å². The lowest BCUT2D eigenvalue weighted by molar-refractivity contribution is -0.117. The molecule has 2 aromatic heterocycles. The Morgan fingerprint density at radius 1 is 1.22 bits per heavy atom. The van der Waals surface area contributed by atoms with Crippen molar-refractivity contribution in [2.75, 3.05) is 24.3 Å². The molecule has 1 saturated carbocycles. The van der Waals surface area contributed by atoms with Gasteiger partial charge in [0, 0.05) is 48.8 Å². The van der Waals surface area contributed by atoms with Gasteiger partial charge < -0.3 is 31.5 Å². The molecule has 3 rings (SSSR count). The number of nitrogens with one attached hydrogen (secondary N) is 5. The number of nitrogens with zero attached hydrogens (tertiary/aromatic N) is 2. The minimum Gasteiger partial charge on any atom is -0.379 e. The maximum absolute atomic E-state index is 12.3. The van der Waals surface area contributed by atoms with Crippen molar-refractivity contribution in [3.63, 3.8) is 0 Å². The number of allylic oxidation sites excluding steroid dienone is 2. The normalized spacial score (nSPS) is 13.6. The van der Waals surface area contributed by atoms with E-state index in [-0.39, 0.29) is 29.2 Å². The van der Waals surface area contributed by atoms with E-state index < -0.39 is 0 Å². The first-order valence-electron chi connectivity index (χ1n) is 11.8. The van der Waals surface area contributed by atoms with Gasteiger partial charge in [0.05, 0.1) is 23.2 Å². The van der Waals surface area contributed by atoms with Crippen molar-refractivity contribution in [2.24, 2.45) is 5.92 Å². The molecular formula is C26H33N7O3. The van der Waals surface area contributed by atoms with Crippen molar-refractivity contribution in [3.8, 4) is 0 Å². The topological polar surface area (TPSA) is 153 Å². The van der Waals surface area contributed by atoms with Gasteiger partial charge in [0.2, 0.25) is 5.91 Å². The van der Waals surface area contributed by atoms with E-state index in [9.17, 15) is 9.59 Å². The molecule has 0 aromatic carbocycles. The summed E-state index contributed by atoms with van der Waals surface area (Å²) < 4.78 is 5.35. The van der Waals surface area contributed by atoms with Crippen LogP contribution in [0.1, 0.15) is 49.9 Å². The second-order valence-electron chi connectivity index (χ2n) is 9.30. The Bertz CT molecular complexity index is 1190. The quantitative estimate of drug-likeness (QED) is 0.299. The number of rotatable bonds is 11. The predicted octanol–water partition coefficient (Wildman–Crippen LogP) is 4.17. The fraction of sp³-hybridized carbons (Fsp3) is 0.385. The zero-order chi connectivity index (χ0) is 26.3. The van der Waals surface area contributed by atoms with Crippen LogP contribution >= 0.6 is 0 Å². The summed E-state index contributed by atoms with van der Waals surface area (Å²) >= 11 is 0. The van der Waals surface area contributed by atoms with E-state index in [1.165, 1.54) is 6.20 Å². The van der Waals surface area contributed by atoms with Gasteiger partial charge in [-0.05, 0) is 69.9 Å². The number of carbonyl (C=O) groups is 2. The zero-order valence-electron chi connectivity index (χ0n) is 21.1. The van der Waals surface area contributed by atoms with E-state index in [1.807, 2.05) is 13.8 Å². The Kier molecular flexibility index (Phi) is 8.65. The highest BCUT2D eigenvalue weighted by Gasteiger charge is 2.29. The molecule has 10 heteroatoms. The van der Waals surface area contributed by atoms with E-state index in [0.29, 0.717) is 46.9 Å². The molecule has 2 aromatic rings. The molecule has 1 aliphatic carbocycles. The number of amides is 3. The summed E-state index contributed by atoms with van der Waals surface area (Å²) in [4.78, 5) is 32.9.